The number of hydrogen-bond donors (Lipinski definition) is 1. The molecule has 1 heterocycles. The Morgan fingerprint density at radius 1 is 1.10 bits per heavy atom. The van der Waals surface area contributed by atoms with Crippen LogP contribution in [0.15, 0.2) is 77.3 Å². The van der Waals surface area contributed by atoms with Crippen molar-refractivity contribution >= 4 is 32.9 Å². The van der Waals surface area contributed by atoms with Crippen molar-refractivity contribution in [2.45, 2.75) is 12.5 Å². The van der Waals surface area contributed by atoms with E-state index in [-0.39, 0.29) is 18.1 Å². The predicted molar refractivity (Wildman–Crippen MR) is 115 cm³/mol. The Balaban J connectivity index is 1.66. The van der Waals surface area contributed by atoms with Crippen LogP contribution < -0.4 is 5.32 Å². The number of fused-ring (bicyclic) bond motifs is 1. The smallest absolute Gasteiger partial charge is 0.225 e. The Labute approximate surface area is 176 Å². The van der Waals surface area contributed by atoms with E-state index in [1.54, 1.807) is 12.1 Å². The van der Waals surface area contributed by atoms with Gasteiger partial charge in [0.2, 0.25) is 5.91 Å². The number of aromatic nitrogens is 2. The Morgan fingerprint density at radius 3 is 2.55 bits per heavy atom. The summed E-state index contributed by atoms with van der Waals surface area (Å²) in [5.41, 5.74) is 3.55. The highest BCUT2D eigenvalue weighted by atomic mass is 79.9. The number of para-hydroxylation sites is 2. The van der Waals surface area contributed by atoms with Gasteiger partial charge in [-0.1, -0.05) is 48.5 Å². The van der Waals surface area contributed by atoms with Crippen molar-refractivity contribution in [3.63, 3.8) is 0 Å². The Morgan fingerprint density at radius 2 is 1.83 bits per heavy atom. The summed E-state index contributed by atoms with van der Waals surface area (Å²) in [6.45, 7) is 0. The van der Waals surface area contributed by atoms with Crippen molar-refractivity contribution in [2.24, 2.45) is 7.05 Å². The molecule has 0 aliphatic heterocycles. The lowest BCUT2D eigenvalue weighted by atomic mass is 10.1. The van der Waals surface area contributed by atoms with Crippen molar-refractivity contribution in [3.05, 3.63) is 100 Å². The van der Waals surface area contributed by atoms with Crippen LogP contribution in [0.2, 0.25) is 0 Å². The molecule has 0 spiro atoms. The van der Waals surface area contributed by atoms with Crippen molar-refractivity contribution < 1.29 is 9.18 Å². The molecule has 0 saturated heterocycles. The molecule has 6 heteroatoms. The first-order valence-electron chi connectivity index (χ1n) is 9.22. The van der Waals surface area contributed by atoms with Gasteiger partial charge in [0.05, 0.1) is 21.9 Å². The van der Waals surface area contributed by atoms with Gasteiger partial charge in [0.25, 0.3) is 0 Å². The second-order valence-corrected chi connectivity index (χ2v) is 7.71. The molecular formula is C23H19BrFN3O. The van der Waals surface area contributed by atoms with Gasteiger partial charge in [-0.15, -0.1) is 0 Å². The van der Waals surface area contributed by atoms with Crippen LogP contribution in [0.25, 0.3) is 11.0 Å². The summed E-state index contributed by atoms with van der Waals surface area (Å²) in [7, 11) is 1.95. The summed E-state index contributed by atoms with van der Waals surface area (Å²) in [5.74, 6) is 0.242. The van der Waals surface area contributed by atoms with Gasteiger partial charge in [0, 0.05) is 7.05 Å². The summed E-state index contributed by atoms with van der Waals surface area (Å²) in [4.78, 5) is 17.6. The van der Waals surface area contributed by atoms with Crippen LogP contribution in [0.4, 0.5) is 4.39 Å². The second-order valence-electron chi connectivity index (χ2n) is 6.85. The van der Waals surface area contributed by atoms with Gasteiger partial charge >= 0.3 is 0 Å². The van der Waals surface area contributed by atoms with E-state index in [1.807, 2.05) is 66.2 Å². The first kappa shape index (κ1) is 19.3. The van der Waals surface area contributed by atoms with Crippen LogP contribution in [0, 0.1) is 5.82 Å². The van der Waals surface area contributed by atoms with Gasteiger partial charge in [0.15, 0.2) is 0 Å². The number of hydrogen-bond acceptors (Lipinski definition) is 2. The lowest BCUT2D eigenvalue weighted by Crippen LogP contribution is -2.32. The molecule has 0 aliphatic carbocycles. The molecule has 1 atom stereocenters. The molecule has 4 rings (SSSR count). The SMILES string of the molecule is Cn1c(C(NC(=O)Cc2ccc(F)c(Br)c2)c2ccccc2)nc2ccccc21. The number of halogens is 2. The Bertz CT molecular complexity index is 1170. The first-order chi connectivity index (χ1) is 14.0. The summed E-state index contributed by atoms with van der Waals surface area (Å²) < 4.78 is 15.8. The quantitative estimate of drug-likeness (QED) is 0.467. The van der Waals surface area contributed by atoms with Gasteiger partial charge in [-0.25, -0.2) is 9.37 Å². The molecule has 1 N–H and O–H groups in total. The fourth-order valence-electron chi connectivity index (χ4n) is 3.41. The third-order valence-electron chi connectivity index (χ3n) is 4.87. The maximum absolute atomic E-state index is 13.5. The number of rotatable bonds is 5. The standard InChI is InChI=1S/C23H19BrFN3O/c1-28-20-10-6-5-9-19(20)26-23(28)22(16-7-3-2-4-8-16)27-21(29)14-15-11-12-18(25)17(24)13-15/h2-13,22H,14H2,1H3,(H,27,29). The average molecular weight is 452 g/mol. The molecule has 1 amide bonds. The van der Waals surface area contributed by atoms with E-state index in [0.717, 1.165) is 28.0 Å². The summed E-state index contributed by atoms with van der Waals surface area (Å²) in [6, 6.07) is 21.8. The van der Waals surface area contributed by atoms with Gasteiger partial charge in [-0.3, -0.25) is 4.79 Å². The molecule has 0 aliphatic rings. The van der Waals surface area contributed by atoms with Crippen LogP contribution in [0.1, 0.15) is 23.0 Å². The van der Waals surface area contributed by atoms with Crippen LogP contribution in [0.5, 0.6) is 0 Å². The highest BCUT2D eigenvalue weighted by Gasteiger charge is 2.22. The fraction of sp³-hybridized carbons (Fsp3) is 0.130. The topological polar surface area (TPSA) is 46.9 Å². The van der Waals surface area contributed by atoms with E-state index in [0.29, 0.717) is 4.47 Å². The van der Waals surface area contributed by atoms with Gasteiger partial charge in [-0.2, -0.15) is 0 Å². The highest BCUT2D eigenvalue weighted by molar-refractivity contribution is 9.10. The van der Waals surface area contributed by atoms with Crippen molar-refractivity contribution in [3.8, 4) is 0 Å². The number of amides is 1. The van der Waals surface area contributed by atoms with Crippen molar-refractivity contribution in [1.29, 1.82) is 0 Å². The third kappa shape index (κ3) is 4.07. The van der Waals surface area contributed by atoms with Gasteiger partial charge < -0.3 is 9.88 Å². The minimum Gasteiger partial charge on any atom is -0.342 e. The number of nitrogens with zero attached hydrogens (tertiary/aromatic N) is 2. The van der Waals surface area contributed by atoms with Crippen LogP contribution >= 0.6 is 15.9 Å². The normalized spacial score (nSPS) is 12.1. The molecule has 0 saturated carbocycles. The highest BCUT2D eigenvalue weighted by Crippen LogP contribution is 2.25. The lowest BCUT2D eigenvalue weighted by Gasteiger charge is -2.19. The lowest BCUT2D eigenvalue weighted by molar-refractivity contribution is -0.121. The molecule has 0 fully saturated rings. The van der Waals surface area contributed by atoms with Crippen molar-refractivity contribution in [2.75, 3.05) is 0 Å². The molecule has 4 nitrogen and oxygen atoms in total. The number of carbonyl (C=O) groups excluding carboxylic acids is 1. The maximum Gasteiger partial charge on any atom is 0.225 e. The van der Waals surface area contributed by atoms with Crippen LogP contribution in [0.3, 0.4) is 0 Å². The number of aryl methyl sites for hydroxylation is 1. The molecule has 4 aromatic rings. The first-order valence-corrected chi connectivity index (χ1v) is 10.0. The molecule has 1 unspecified atom stereocenters. The number of nitrogens with one attached hydrogen (secondary N) is 1. The minimum atomic E-state index is -0.398. The predicted octanol–water partition coefficient (Wildman–Crippen LogP) is 4.92. The van der Waals surface area contributed by atoms with Crippen LogP contribution in [-0.4, -0.2) is 15.5 Å². The molecule has 146 valence electrons. The van der Waals surface area contributed by atoms with E-state index < -0.39 is 6.04 Å². The summed E-state index contributed by atoms with van der Waals surface area (Å²) >= 11 is 3.17. The molecule has 0 bridgehead atoms. The van der Waals surface area contributed by atoms with E-state index in [2.05, 4.69) is 21.2 Å². The summed E-state index contributed by atoms with van der Waals surface area (Å²) in [6.07, 6.45) is 0.145. The molecular weight excluding hydrogens is 433 g/mol. The second kappa shape index (κ2) is 8.17. The van der Waals surface area contributed by atoms with Gasteiger partial charge in [0.1, 0.15) is 17.7 Å². The number of carbonyl (C=O) groups is 1. The Hall–Kier alpha value is -2.99. The maximum atomic E-state index is 13.5. The van der Waals surface area contributed by atoms with Crippen molar-refractivity contribution in [1.82, 2.24) is 14.9 Å². The average Bonchev–Trinajstić information content (AvgIpc) is 3.06. The van der Waals surface area contributed by atoms with E-state index in [4.69, 9.17) is 4.98 Å². The largest absolute Gasteiger partial charge is 0.342 e. The van der Waals surface area contributed by atoms with E-state index >= 15 is 0 Å². The van der Waals surface area contributed by atoms with Gasteiger partial charge in [-0.05, 0) is 51.3 Å². The zero-order chi connectivity index (χ0) is 20.4. The zero-order valence-corrected chi connectivity index (χ0v) is 17.4. The monoisotopic (exact) mass is 451 g/mol. The third-order valence-corrected chi connectivity index (χ3v) is 5.47. The minimum absolute atomic E-state index is 0.145. The van der Waals surface area contributed by atoms with E-state index in [1.165, 1.54) is 6.07 Å². The fourth-order valence-corrected chi connectivity index (χ4v) is 3.84. The Kier molecular flexibility index (Phi) is 5.45. The van der Waals surface area contributed by atoms with Crippen LogP contribution in [-0.2, 0) is 18.3 Å². The molecule has 29 heavy (non-hydrogen) atoms. The number of benzene rings is 3. The molecule has 0 radical (unpaired) electrons. The molecule has 3 aromatic carbocycles. The van der Waals surface area contributed by atoms with E-state index in [9.17, 15) is 9.18 Å². The number of imidazole rings is 1. The zero-order valence-electron chi connectivity index (χ0n) is 15.8. The molecule has 1 aromatic heterocycles. The summed E-state index contributed by atoms with van der Waals surface area (Å²) in [5, 5.41) is 3.10.